The van der Waals surface area contributed by atoms with Crippen molar-refractivity contribution in [2.24, 2.45) is 0 Å². The Morgan fingerprint density at radius 3 is 3.31 bits per heavy atom. The second-order valence-corrected chi connectivity index (χ2v) is 4.39. The van der Waals surface area contributed by atoms with Gasteiger partial charge in [0, 0.05) is 24.5 Å². The number of nitrogens with zero attached hydrogens (tertiary/aromatic N) is 1. The maximum Gasteiger partial charge on any atom is 0.0544 e. The molecular weight excluding hydrogens is 180 g/mol. The second kappa shape index (κ2) is 4.22. The van der Waals surface area contributed by atoms with E-state index in [9.17, 15) is 0 Å². The van der Waals surface area contributed by atoms with E-state index in [1.807, 2.05) is 11.3 Å². The lowest BCUT2D eigenvalue weighted by atomic mass is 10.2. The van der Waals surface area contributed by atoms with E-state index < -0.39 is 0 Å². The minimum Gasteiger partial charge on any atom is -0.307 e. The fourth-order valence-corrected chi connectivity index (χ4v) is 2.57. The molecule has 1 aliphatic rings. The molecule has 1 aromatic rings. The van der Waals surface area contributed by atoms with Crippen molar-refractivity contribution in [3.8, 4) is 0 Å². The van der Waals surface area contributed by atoms with E-state index in [1.54, 1.807) is 0 Å². The monoisotopic (exact) mass is 196 g/mol. The normalized spacial score (nSPS) is 24.8. The third-order valence-electron chi connectivity index (χ3n) is 2.59. The van der Waals surface area contributed by atoms with Gasteiger partial charge in [-0.3, -0.25) is 0 Å². The van der Waals surface area contributed by atoms with Crippen molar-refractivity contribution in [2.75, 3.05) is 26.2 Å². The van der Waals surface area contributed by atoms with Crippen molar-refractivity contribution < 1.29 is 0 Å². The van der Waals surface area contributed by atoms with Crippen LogP contribution >= 0.6 is 11.3 Å². The number of hydrogen-bond donors (Lipinski definition) is 1. The lowest BCUT2D eigenvalue weighted by Crippen LogP contribution is -2.45. The number of nitrogens with one attached hydrogen (secondary N) is 1. The fourth-order valence-electron chi connectivity index (χ4n) is 1.78. The first-order valence-corrected chi connectivity index (χ1v) is 5.77. The molecule has 0 spiro atoms. The molecule has 1 aliphatic heterocycles. The molecular formula is C10H16N2S. The third kappa shape index (κ3) is 2.10. The van der Waals surface area contributed by atoms with E-state index in [1.165, 1.54) is 18.0 Å². The Bertz CT molecular complexity index is 245. The zero-order valence-electron chi connectivity index (χ0n) is 7.99. The topological polar surface area (TPSA) is 15.3 Å². The van der Waals surface area contributed by atoms with E-state index >= 15 is 0 Å². The largest absolute Gasteiger partial charge is 0.307 e. The van der Waals surface area contributed by atoms with Gasteiger partial charge in [-0.1, -0.05) is 13.0 Å². The Hall–Kier alpha value is -0.380. The highest BCUT2D eigenvalue weighted by molar-refractivity contribution is 7.10. The molecule has 72 valence electrons. The van der Waals surface area contributed by atoms with Gasteiger partial charge in [0.2, 0.25) is 0 Å². The predicted octanol–water partition coefficient (Wildman–Crippen LogP) is 1.71. The van der Waals surface area contributed by atoms with Gasteiger partial charge < -0.3 is 10.2 Å². The summed E-state index contributed by atoms with van der Waals surface area (Å²) in [5.74, 6) is 0. The quantitative estimate of drug-likeness (QED) is 0.774. The van der Waals surface area contributed by atoms with Gasteiger partial charge in [-0.2, -0.15) is 0 Å². The molecule has 13 heavy (non-hydrogen) atoms. The minimum atomic E-state index is 0.564. The van der Waals surface area contributed by atoms with Crippen LogP contribution in [0, 0.1) is 0 Å². The number of likely N-dealkylation sites (N-methyl/N-ethyl adjacent to an activating group) is 1. The molecule has 0 aromatic carbocycles. The van der Waals surface area contributed by atoms with Crippen LogP contribution in [0.25, 0.3) is 0 Å². The Morgan fingerprint density at radius 1 is 1.69 bits per heavy atom. The summed E-state index contributed by atoms with van der Waals surface area (Å²) in [5.41, 5.74) is 0. The van der Waals surface area contributed by atoms with Crippen molar-refractivity contribution in [1.29, 1.82) is 0 Å². The summed E-state index contributed by atoms with van der Waals surface area (Å²) in [7, 11) is 0. The Kier molecular flexibility index (Phi) is 2.98. The Labute approximate surface area is 83.6 Å². The van der Waals surface area contributed by atoms with Crippen LogP contribution in [0.3, 0.4) is 0 Å². The molecule has 1 fully saturated rings. The molecule has 1 saturated heterocycles. The van der Waals surface area contributed by atoms with Crippen LogP contribution in [0.4, 0.5) is 0 Å². The van der Waals surface area contributed by atoms with Gasteiger partial charge in [0.25, 0.3) is 0 Å². The van der Waals surface area contributed by atoms with E-state index in [-0.39, 0.29) is 0 Å². The molecule has 2 nitrogen and oxygen atoms in total. The average Bonchev–Trinajstić information content (AvgIpc) is 2.71. The van der Waals surface area contributed by atoms with Gasteiger partial charge in [-0.05, 0) is 18.0 Å². The van der Waals surface area contributed by atoms with Crippen molar-refractivity contribution in [3.05, 3.63) is 22.4 Å². The molecule has 0 radical (unpaired) electrons. The van der Waals surface area contributed by atoms with Crippen LogP contribution in [-0.4, -0.2) is 31.1 Å². The van der Waals surface area contributed by atoms with Gasteiger partial charge in [-0.15, -0.1) is 11.3 Å². The molecule has 0 saturated carbocycles. The highest BCUT2D eigenvalue weighted by Gasteiger charge is 2.19. The van der Waals surface area contributed by atoms with Crippen molar-refractivity contribution in [2.45, 2.75) is 13.0 Å². The van der Waals surface area contributed by atoms with Gasteiger partial charge in [0.05, 0.1) is 6.04 Å². The van der Waals surface area contributed by atoms with Gasteiger partial charge in [-0.25, -0.2) is 0 Å². The predicted molar refractivity (Wildman–Crippen MR) is 57.2 cm³/mol. The minimum absolute atomic E-state index is 0.564. The van der Waals surface area contributed by atoms with Gasteiger partial charge >= 0.3 is 0 Å². The van der Waals surface area contributed by atoms with Gasteiger partial charge in [0.1, 0.15) is 0 Å². The van der Waals surface area contributed by atoms with Crippen molar-refractivity contribution >= 4 is 11.3 Å². The van der Waals surface area contributed by atoms with E-state index in [0.29, 0.717) is 6.04 Å². The number of thiophene rings is 1. The molecule has 2 rings (SSSR count). The zero-order valence-corrected chi connectivity index (χ0v) is 8.81. The summed E-state index contributed by atoms with van der Waals surface area (Å²) in [5, 5.41) is 5.71. The zero-order chi connectivity index (χ0) is 9.10. The molecule has 2 heterocycles. The Morgan fingerprint density at radius 2 is 2.62 bits per heavy atom. The molecule has 0 amide bonds. The van der Waals surface area contributed by atoms with Crippen LogP contribution in [0.2, 0.25) is 0 Å². The highest BCUT2D eigenvalue weighted by Crippen LogP contribution is 2.21. The van der Waals surface area contributed by atoms with Gasteiger partial charge in [0.15, 0.2) is 0 Å². The summed E-state index contributed by atoms with van der Waals surface area (Å²) in [6.07, 6.45) is 0. The fraction of sp³-hybridized carbons (Fsp3) is 0.600. The van der Waals surface area contributed by atoms with E-state index in [4.69, 9.17) is 0 Å². The number of piperazine rings is 1. The van der Waals surface area contributed by atoms with Crippen LogP contribution in [0.1, 0.15) is 17.8 Å². The summed E-state index contributed by atoms with van der Waals surface area (Å²) in [4.78, 5) is 3.97. The standard InChI is InChI=1S/C10H16N2S/c1-2-12-6-5-11-9(8-12)10-4-3-7-13-10/h3-4,7,9,11H,2,5-6,8H2,1H3/t9-/m1/s1. The van der Waals surface area contributed by atoms with E-state index in [0.717, 1.165) is 13.1 Å². The van der Waals surface area contributed by atoms with Crippen LogP contribution in [0.15, 0.2) is 17.5 Å². The lowest BCUT2D eigenvalue weighted by Gasteiger charge is -2.32. The molecule has 0 aliphatic carbocycles. The van der Waals surface area contributed by atoms with E-state index in [2.05, 4.69) is 34.7 Å². The maximum absolute atomic E-state index is 3.55. The molecule has 1 atom stereocenters. The summed E-state index contributed by atoms with van der Waals surface area (Å²) in [6.45, 7) is 6.88. The molecule has 3 heteroatoms. The third-order valence-corrected chi connectivity index (χ3v) is 3.58. The number of hydrogen-bond acceptors (Lipinski definition) is 3. The van der Waals surface area contributed by atoms with Crippen molar-refractivity contribution in [1.82, 2.24) is 10.2 Å². The van der Waals surface area contributed by atoms with Crippen LogP contribution < -0.4 is 5.32 Å². The average molecular weight is 196 g/mol. The first kappa shape index (κ1) is 9.19. The Balaban J connectivity index is 2.00. The first-order valence-electron chi connectivity index (χ1n) is 4.89. The highest BCUT2D eigenvalue weighted by atomic mass is 32.1. The molecule has 1 N–H and O–H groups in total. The summed E-state index contributed by atoms with van der Waals surface area (Å²) < 4.78 is 0. The van der Waals surface area contributed by atoms with Crippen molar-refractivity contribution in [3.63, 3.8) is 0 Å². The second-order valence-electron chi connectivity index (χ2n) is 3.42. The molecule has 0 unspecified atom stereocenters. The lowest BCUT2D eigenvalue weighted by molar-refractivity contribution is 0.212. The SMILES string of the molecule is CCN1CCN[C@@H](c2cccs2)C1. The van der Waals surface area contributed by atoms with Crippen LogP contribution in [0.5, 0.6) is 0 Å². The maximum atomic E-state index is 3.55. The smallest absolute Gasteiger partial charge is 0.0544 e. The molecule has 0 bridgehead atoms. The number of rotatable bonds is 2. The first-order chi connectivity index (χ1) is 6.40. The summed E-state index contributed by atoms with van der Waals surface area (Å²) in [6, 6.07) is 4.92. The van der Waals surface area contributed by atoms with Crippen LogP contribution in [-0.2, 0) is 0 Å². The molecule has 1 aromatic heterocycles. The summed E-state index contributed by atoms with van der Waals surface area (Å²) >= 11 is 1.85.